The first kappa shape index (κ1) is 14.5. The second-order valence-corrected chi connectivity index (χ2v) is 6.19. The van der Waals surface area contributed by atoms with Crippen molar-refractivity contribution in [1.29, 1.82) is 0 Å². The molecule has 3 rings (SSSR count). The van der Waals surface area contributed by atoms with Crippen LogP contribution >= 0.6 is 0 Å². The zero-order valence-electron chi connectivity index (χ0n) is 12.4. The fraction of sp³-hybridized carbons (Fsp3) is 0.588. The van der Waals surface area contributed by atoms with Gasteiger partial charge in [-0.3, -0.25) is 9.69 Å². The van der Waals surface area contributed by atoms with Gasteiger partial charge >= 0.3 is 0 Å². The number of hydrogen-bond acceptors (Lipinski definition) is 4. The number of hydrogen-bond donors (Lipinski definition) is 2. The molecule has 0 saturated carbocycles. The van der Waals surface area contributed by atoms with E-state index in [1.807, 2.05) is 12.1 Å². The zero-order chi connectivity index (χ0) is 14.7. The van der Waals surface area contributed by atoms with Crippen molar-refractivity contribution in [2.75, 3.05) is 19.6 Å². The van der Waals surface area contributed by atoms with Gasteiger partial charge in [-0.1, -0.05) is 12.1 Å². The van der Waals surface area contributed by atoms with Crippen molar-refractivity contribution >= 4 is 5.78 Å². The standard InChI is InChI=1S/C17H24N2O2/c20-15-5-3-13(4-6-15)12-17(21)16-2-1-11-19(16)14-7-9-18-10-8-14/h3-6,14,16,18,20H,1-2,7-12H2. The molecule has 21 heavy (non-hydrogen) atoms. The Morgan fingerprint density at radius 2 is 1.90 bits per heavy atom. The molecule has 2 N–H and O–H groups in total. The van der Waals surface area contributed by atoms with Crippen LogP contribution in [-0.4, -0.2) is 47.5 Å². The van der Waals surface area contributed by atoms with Crippen LogP contribution in [0.5, 0.6) is 5.75 Å². The molecule has 0 radical (unpaired) electrons. The molecule has 1 aromatic carbocycles. The van der Waals surface area contributed by atoms with Crippen LogP contribution in [-0.2, 0) is 11.2 Å². The van der Waals surface area contributed by atoms with Gasteiger partial charge in [0.15, 0.2) is 5.78 Å². The molecule has 0 aliphatic carbocycles. The summed E-state index contributed by atoms with van der Waals surface area (Å²) in [5, 5.41) is 12.7. The number of carbonyl (C=O) groups excluding carboxylic acids is 1. The van der Waals surface area contributed by atoms with Gasteiger partial charge in [-0.15, -0.1) is 0 Å². The van der Waals surface area contributed by atoms with Crippen molar-refractivity contribution in [3.63, 3.8) is 0 Å². The molecule has 4 nitrogen and oxygen atoms in total. The van der Waals surface area contributed by atoms with Gasteiger partial charge in [-0.05, 0) is 63.0 Å². The molecule has 1 atom stereocenters. The van der Waals surface area contributed by atoms with Crippen molar-refractivity contribution in [3.8, 4) is 5.75 Å². The highest BCUT2D eigenvalue weighted by Crippen LogP contribution is 2.26. The summed E-state index contributed by atoms with van der Waals surface area (Å²) in [7, 11) is 0. The molecule has 2 heterocycles. The Morgan fingerprint density at radius 1 is 1.19 bits per heavy atom. The lowest BCUT2D eigenvalue weighted by Crippen LogP contribution is -2.48. The second kappa shape index (κ2) is 6.58. The minimum Gasteiger partial charge on any atom is -0.508 e. The number of nitrogens with one attached hydrogen (secondary N) is 1. The summed E-state index contributed by atoms with van der Waals surface area (Å²) in [5.74, 6) is 0.583. The Hall–Kier alpha value is -1.39. The number of likely N-dealkylation sites (tertiary alicyclic amines) is 1. The number of rotatable bonds is 4. The molecule has 2 saturated heterocycles. The predicted molar refractivity (Wildman–Crippen MR) is 82.4 cm³/mol. The molecule has 1 aromatic rings. The van der Waals surface area contributed by atoms with Crippen LogP contribution in [0, 0.1) is 0 Å². The molecule has 0 spiro atoms. The minimum absolute atomic E-state index is 0.0990. The summed E-state index contributed by atoms with van der Waals surface area (Å²) in [6.45, 7) is 3.21. The third-order valence-electron chi connectivity index (χ3n) is 4.76. The maximum atomic E-state index is 12.6. The number of carbonyl (C=O) groups is 1. The molecule has 0 amide bonds. The van der Waals surface area contributed by atoms with Crippen molar-refractivity contribution in [1.82, 2.24) is 10.2 Å². The van der Waals surface area contributed by atoms with Crippen LogP contribution in [0.2, 0.25) is 0 Å². The molecule has 0 aromatic heterocycles. The molecule has 2 fully saturated rings. The van der Waals surface area contributed by atoms with Crippen LogP contribution in [0.3, 0.4) is 0 Å². The average Bonchev–Trinajstić information content (AvgIpc) is 3.00. The van der Waals surface area contributed by atoms with E-state index < -0.39 is 0 Å². The SMILES string of the molecule is O=C(Cc1ccc(O)cc1)C1CCCN1C1CCNCC1. The number of phenols is 1. The maximum Gasteiger partial charge on any atom is 0.154 e. The van der Waals surface area contributed by atoms with E-state index >= 15 is 0 Å². The molecule has 2 aliphatic heterocycles. The average molecular weight is 288 g/mol. The number of ketones is 1. The van der Waals surface area contributed by atoms with E-state index in [0.717, 1.165) is 50.9 Å². The van der Waals surface area contributed by atoms with Gasteiger partial charge < -0.3 is 10.4 Å². The van der Waals surface area contributed by atoms with Crippen LogP contribution in [0.4, 0.5) is 0 Å². The van der Waals surface area contributed by atoms with Crippen molar-refractivity contribution in [2.24, 2.45) is 0 Å². The summed E-state index contributed by atoms with van der Waals surface area (Å²) in [6.07, 6.45) is 4.93. The largest absolute Gasteiger partial charge is 0.508 e. The lowest BCUT2D eigenvalue weighted by atomic mass is 9.98. The summed E-state index contributed by atoms with van der Waals surface area (Å²) in [4.78, 5) is 15.1. The summed E-state index contributed by atoms with van der Waals surface area (Å²) in [5.41, 5.74) is 0.995. The number of nitrogens with zero attached hydrogens (tertiary/aromatic N) is 1. The quantitative estimate of drug-likeness (QED) is 0.886. The predicted octanol–water partition coefficient (Wildman–Crippen LogP) is 1.72. The first-order chi connectivity index (χ1) is 10.2. The molecule has 114 valence electrons. The number of piperidine rings is 1. The summed E-state index contributed by atoms with van der Waals surface area (Å²) < 4.78 is 0. The van der Waals surface area contributed by atoms with E-state index in [0.29, 0.717) is 18.2 Å². The third-order valence-corrected chi connectivity index (χ3v) is 4.76. The van der Waals surface area contributed by atoms with Gasteiger partial charge in [0, 0.05) is 12.5 Å². The normalized spacial score (nSPS) is 24.3. The Balaban J connectivity index is 1.63. The number of Topliss-reactive ketones (excluding diaryl/α,β-unsaturated/α-hetero) is 1. The second-order valence-electron chi connectivity index (χ2n) is 6.19. The molecule has 4 heteroatoms. The van der Waals surface area contributed by atoms with E-state index in [1.165, 1.54) is 0 Å². The van der Waals surface area contributed by atoms with Gasteiger partial charge in [0.05, 0.1) is 6.04 Å². The van der Waals surface area contributed by atoms with Gasteiger partial charge in [0.25, 0.3) is 0 Å². The number of phenolic OH excluding ortho intramolecular Hbond substituents is 1. The van der Waals surface area contributed by atoms with Gasteiger partial charge in [0.2, 0.25) is 0 Å². The van der Waals surface area contributed by atoms with E-state index in [-0.39, 0.29) is 11.8 Å². The number of benzene rings is 1. The molecular weight excluding hydrogens is 264 g/mol. The van der Waals surface area contributed by atoms with Crippen LogP contribution in [0.15, 0.2) is 24.3 Å². The summed E-state index contributed by atoms with van der Waals surface area (Å²) in [6, 6.07) is 7.67. The smallest absolute Gasteiger partial charge is 0.154 e. The van der Waals surface area contributed by atoms with Crippen LogP contribution in [0.25, 0.3) is 0 Å². The Labute approximate surface area is 126 Å². The summed E-state index contributed by atoms with van der Waals surface area (Å²) >= 11 is 0. The maximum absolute atomic E-state index is 12.6. The van der Waals surface area contributed by atoms with Gasteiger partial charge in [0.1, 0.15) is 5.75 Å². The molecule has 2 aliphatic rings. The van der Waals surface area contributed by atoms with Crippen LogP contribution in [0.1, 0.15) is 31.2 Å². The highest BCUT2D eigenvalue weighted by atomic mass is 16.3. The van der Waals surface area contributed by atoms with Gasteiger partial charge in [-0.25, -0.2) is 0 Å². The Bertz CT molecular complexity index is 480. The fourth-order valence-electron chi connectivity index (χ4n) is 3.64. The highest BCUT2D eigenvalue weighted by molar-refractivity contribution is 5.86. The van der Waals surface area contributed by atoms with E-state index in [4.69, 9.17) is 0 Å². The highest BCUT2D eigenvalue weighted by Gasteiger charge is 2.35. The zero-order valence-corrected chi connectivity index (χ0v) is 12.4. The third kappa shape index (κ3) is 3.44. The van der Waals surface area contributed by atoms with Crippen molar-refractivity contribution in [2.45, 2.75) is 44.2 Å². The fourth-order valence-corrected chi connectivity index (χ4v) is 3.64. The Kier molecular flexibility index (Phi) is 4.56. The minimum atomic E-state index is 0.0990. The van der Waals surface area contributed by atoms with Crippen molar-refractivity contribution < 1.29 is 9.90 Å². The lowest BCUT2D eigenvalue weighted by molar-refractivity contribution is -0.123. The molecule has 1 unspecified atom stereocenters. The van der Waals surface area contributed by atoms with E-state index in [1.54, 1.807) is 12.1 Å². The van der Waals surface area contributed by atoms with Crippen LogP contribution < -0.4 is 5.32 Å². The molecule has 0 bridgehead atoms. The molecular formula is C17H24N2O2. The monoisotopic (exact) mass is 288 g/mol. The first-order valence-corrected chi connectivity index (χ1v) is 8.01. The topological polar surface area (TPSA) is 52.6 Å². The lowest BCUT2D eigenvalue weighted by Gasteiger charge is -2.35. The Morgan fingerprint density at radius 3 is 2.62 bits per heavy atom. The number of aromatic hydroxyl groups is 1. The van der Waals surface area contributed by atoms with E-state index in [2.05, 4.69) is 10.2 Å². The first-order valence-electron chi connectivity index (χ1n) is 8.01. The van der Waals surface area contributed by atoms with Gasteiger partial charge in [-0.2, -0.15) is 0 Å². The van der Waals surface area contributed by atoms with E-state index in [9.17, 15) is 9.90 Å². The van der Waals surface area contributed by atoms with Crippen molar-refractivity contribution in [3.05, 3.63) is 29.8 Å².